The monoisotopic (exact) mass is 212 g/mol. The van der Waals surface area contributed by atoms with Gasteiger partial charge in [-0.15, -0.1) is 0 Å². The van der Waals surface area contributed by atoms with Gasteiger partial charge in [0.15, 0.2) is 0 Å². The van der Waals surface area contributed by atoms with Crippen LogP contribution in [0.3, 0.4) is 0 Å². The maximum atomic E-state index is 9.61. The first-order chi connectivity index (χ1) is 7.19. The average Bonchev–Trinajstić information content (AvgIpc) is 2.28. The summed E-state index contributed by atoms with van der Waals surface area (Å²) in [4.78, 5) is 0. The lowest BCUT2D eigenvalue weighted by atomic mass is 10.0. The van der Waals surface area contributed by atoms with E-state index in [4.69, 9.17) is 10.2 Å². The molecule has 84 valence electrons. The summed E-state index contributed by atoms with van der Waals surface area (Å²) < 4.78 is 0. The molecule has 0 aliphatic rings. The predicted molar refractivity (Wildman–Crippen MR) is 55.3 cm³/mol. The highest BCUT2D eigenvalue weighted by atomic mass is 16.4. The predicted octanol–water partition coefficient (Wildman–Crippen LogP) is -0.392. The van der Waals surface area contributed by atoms with Gasteiger partial charge in [0.2, 0.25) is 0 Å². The fourth-order valence-corrected chi connectivity index (χ4v) is 1.38. The third-order valence-corrected chi connectivity index (χ3v) is 2.24. The molecule has 0 spiro atoms. The van der Waals surface area contributed by atoms with E-state index in [1.807, 2.05) is 6.07 Å². The van der Waals surface area contributed by atoms with E-state index >= 15 is 0 Å². The molecule has 0 bridgehead atoms. The highest BCUT2D eigenvalue weighted by Gasteiger charge is 2.17. The molecular weight excluding hydrogens is 196 g/mol. The van der Waals surface area contributed by atoms with Gasteiger partial charge < -0.3 is 20.4 Å². The van der Waals surface area contributed by atoms with Crippen LogP contribution in [0, 0.1) is 0 Å². The fraction of sp³-hybridized carbons (Fsp3) is 0.455. The molecule has 4 nitrogen and oxygen atoms in total. The Morgan fingerprint density at radius 2 is 1.87 bits per heavy atom. The van der Waals surface area contributed by atoms with Gasteiger partial charge in [-0.2, -0.15) is 0 Å². The van der Waals surface area contributed by atoms with Gasteiger partial charge in [0, 0.05) is 6.61 Å². The molecular formula is C11H16O4. The number of aliphatic hydroxyl groups excluding tert-OH is 4. The first-order valence-corrected chi connectivity index (χ1v) is 4.85. The van der Waals surface area contributed by atoms with Crippen LogP contribution in [0.15, 0.2) is 24.3 Å². The summed E-state index contributed by atoms with van der Waals surface area (Å²) in [6, 6.07) is 6.95. The minimum Gasteiger partial charge on any atom is -0.396 e. The minimum atomic E-state index is -1.17. The second-order valence-corrected chi connectivity index (χ2v) is 3.41. The van der Waals surface area contributed by atoms with E-state index in [0.29, 0.717) is 12.0 Å². The molecule has 0 aliphatic carbocycles. The number of aliphatic hydroxyl groups is 4. The summed E-state index contributed by atoms with van der Waals surface area (Å²) in [5.74, 6) is 0. The largest absolute Gasteiger partial charge is 0.396 e. The topological polar surface area (TPSA) is 80.9 Å². The van der Waals surface area contributed by atoms with Crippen LogP contribution in [0.1, 0.15) is 17.2 Å². The van der Waals surface area contributed by atoms with Crippen molar-refractivity contribution >= 4 is 0 Å². The number of rotatable bonds is 5. The molecule has 1 aromatic carbocycles. The lowest BCUT2D eigenvalue weighted by molar-refractivity contribution is -0.0152. The van der Waals surface area contributed by atoms with Crippen molar-refractivity contribution in [1.82, 2.24) is 0 Å². The Morgan fingerprint density at radius 1 is 1.13 bits per heavy atom. The van der Waals surface area contributed by atoms with E-state index in [-0.39, 0.29) is 6.61 Å². The third-order valence-electron chi connectivity index (χ3n) is 2.24. The summed E-state index contributed by atoms with van der Waals surface area (Å²) in [7, 11) is 0. The van der Waals surface area contributed by atoms with E-state index in [2.05, 4.69) is 0 Å². The fourth-order valence-electron chi connectivity index (χ4n) is 1.38. The SMILES string of the molecule is OCCc1cccc(C(O)C(O)CO)c1. The first-order valence-electron chi connectivity index (χ1n) is 4.85. The molecule has 0 radical (unpaired) electrons. The van der Waals surface area contributed by atoms with Gasteiger partial charge in [0.25, 0.3) is 0 Å². The molecule has 15 heavy (non-hydrogen) atoms. The standard InChI is InChI=1S/C11H16O4/c12-5-4-8-2-1-3-9(6-8)11(15)10(14)7-13/h1-3,6,10-15H,4-5,7H2. The lowest BCUT2D eigenvalue weighted by Gasteiger charge is -2.16. The Bertz CT molecular complexity index is 300. The van der Waals surface area contributed by atoms with Crippen LogP contribution in [0.4, 0.5) is 0 Å². The summed E-state index contributed by atoms with van der Waals surface area (Å²) in [5.41, 5.74) is 1.43. The molecule has 4 N–H and O–H groups in total. The van der Waals surface area contributed by atoms with Gasteiger partial charge in [0.05, 0.1) is 6.61 Å². The third kappa shape index (κ3) is 3.28. The highest BCUT2D eigenvalue weighted by molar-refractivity contribution is 5.26. The van der Waals surface area contributed by atoms with Gasteiger partial charge in [-0.05, 0) is 17.5 Å². The molecule has 1 aromatic rings. The van der Waals surface area contributed by atoms with Crippen molar-refractivity contribution in [2.45, 2.75) is 18.6 Å². The van der Waals surface area contributed by atoms with Crippen molar-refractivity contribution in [2.24, 2.45) is 0 Å². The zero-order valence-corrected chi connectivity index (χ0v) is 8.37. The zero-order chi connectivity index (χ0) is 11.3. The molecule has 0 amide bonds. The maximum Gasteiger partial charge on any atom is 0.107 e. The van der Waals surface area contributed by atoms with E-state index in [9.17, 15) is 10.2 Å². The van der Waals surface area contributed by atoms with E-state index in [1.54, 1.807) is 18.2 Å². The van der Waals surface area contributed by atoms with Crippen LogP contribution in [0.2, 0.25) is 0 Å². The van der Waals surface area contributed by atoms with Gasteiger partial charge >= 0.3 is 0 Å². The second kappa shape index (κ2) is 5.82. The number of benzene rings is 1. The van der Waals surface area contributed by atoms with Crippen LogP contribution in [-0.4, -0.2) is 39.7 Å². The van der Waals surface area contributed by atoms with Crippen LogP contribution in [0.25, 0.3) is 0 Å². The Balaban J connectivity index is 2.80. The number of hydrogen-bond donors (Lipinski definition) is 4. The maximum absolute atomic E-state index is 9.61. The molecule has 0 saturated heterocycles. The molecule has 2 atom stereocenters. The van der Waals surface area contributed by atoms with Gasteiger partial charge in [-0.25, -0.2) is 0 Å². The summed E-state index contributed by atoms with van der Waals surface area (Å²) in [5, 5.41) is 36.3. The van der Waals surface area contributed by atoms with Crippen LogP contribution in [0.5, 0.6) is 0 Å². The normalized spacial score (nSPS) is 14.9. The van der Waals surface area contributed by atoms with Crippen molar-refractivity contribution in [3.05, 3.63) is 35.4 Å². The summed E-state index contributed by atoms with van der Waals surface area (Å²) in [6.45, 7) is -0.437. The van der Waals surface area contributed by atoms with Gasteiger partial charge in [-0.1, -0.05) is 24.3 Å². The molecule has 1 rings (SSSR count). The van der Waals surface area contributed by atoms with Crippen LogP contribution < -0.4 is 0 Å². The summed E-state index contributed by atoms with van der Waals surface area (Å²) in [6.07, 6.45) is -1.75. The van der Waals surface area contributed by atoms with Gasteiger partial charge in [0.1, 0.15) is 12.2 Å². The summed E-state index contributed by atoms with van der Waals surface area (Å²) >= 11 is 0. The molecule has 0 fully saturated rings. The van der Waals surface area contributed by atoms with E-state index in [0.717, 1.165) is 5.56 Å². The smallest absolute Gasteiger partial charge is 0.107 e. The lowest BCUT2D eigenvalue weighted by Crippen LogP contribution is -2.22. The molecule has 2 unspecified atom stereocenters. The van der Waals surface area contributed by atoms with Crippen LogP contribution in [-0.2, 0) is 6.42 Å². The van der Waals surface area contributed by atoms with Gasteiger partial charge in [-0.3, -0.25) is 0 Å². The van der Waals surface area contributed by atoms with E-state index < -0.39 is 18.8 Å². The average molecular weight is 212 g/mol. The second-order valence-electron chi connectivity index (χ2n) is 3.41. The molecule has 4 heteroatoms. The Hall–Kier alpha value is -0.940. The van der Waals surface area contributed by atoms with Crippen molar-refractivity contribution < 1.29 is 20.4 Å². The molecule has 0 aromatic heterocycles. The number of hydrogen-bond acceptors (Lipinski definition) is 4. The Labute approximate surface area is 88.4 Å². The molecule has 0 heterocycles. The highest BCUT2D eigenvalue weighted by Crippen LogP contribution is 2.18. The molecule has 0 saturated carbocycles. The minimum absolute atomic E-state index is 0.0438. The Morgan fingerprint density at radius 3 is 2.47 bits per heavy atom. The first kappa shape index (κ1) is 12.1. The quantitative estimate of drug-likeness (QED) is 0.536. The van der Waals surface area contributed by atoms with E-state index in [1.165, 1.54) is 0 Å². The van der Waals surface area contributed by atoms with Crippen LogP contribution >= 0.6 is 0 Å². The van der Waals surface area contributed by atoms with Crippen molar-refractivity contribution in [3.8, 4) is 0 Å². The zero-order valence-electron chi connectivity index (χ0n) is 8.37. The van der Waals surface area contributed by atoms with Crippen molar-refractivity contribution in [2.75, 3.05) is 13.2 Å². The Kier molecular flexibility index (Phi) is 4.71. The van der Waals surface area contributed by atoms with Crippen molar-refractivity contribution in [3.63, 3.8) is 0 Å². The molecule has 0 aliphatic heterocycles. The van der Waals surface area contributed by atoms with Crippen molar-refractivity contribution in [1.29, 1.82) is 0 Å².